The van der Waals surface area contributed by atoms with Gasteiger partial charge in [-0.15, -0.1) is 0 Å². The van der Waals surface area contributed by atoms with Crippen molar-refractivity contribution in [2.24, 2.45) is 0 Å². The Morgan fingerprint density at radius 3 is 2.50 bits per heavy atom. The topological polar surface area (TPSA) is 65.1 Å². The number of carbonyl (C=O) groups is 1. The Morgan fingerprint density at radius 2 is 1.68 bits per heavy atom. The van der Waals surface area contributed by atoms with E-state index in [-0.39, 0.29) is 17.2 Å². The van der Waals surface area contributed by atoms with Crippen molar-refractivity contribution >= 4 is 55.8 Å². The first-order valence-corrected chi connectivity index (χ1v) is 9.21. The van der Waals surface area contributed by atoms with Crippen molar-refractivity contribution in [3.63, 3.8) is 0 Å². The Kier molecular flexibility index (Phi) is 3.74. The first-order valence-electron chi connectivity index (χ1n) is 8.83. The van der Waals surface area contributed by atoms with Crippen LogP contribution in [0.15, 0.2) is 72.8 Å². The van der Waals surface area contributed by atoms with Crippen LogP contribution in [0, 0.1) is 0 Å². The van der Waals surface area contributed by atoms with E-state index >= 15 is 0 Å². The predicted molar refractivity (Wildman–Crippen MR) is 114 cm³/mol. The van der Waals surface area contributed by atoms with Crippen LogP contribution in [0.25, 0.3) is 32.6 Å². The molecule has 0 aliphatic carbocycles. The Bertz CT molecular complexity index is 1370. The number of benzene rings is 4. The second-order valence-corrected chi connectivity index (χ2v) is 7.15. The summed E-state index contributed by atoms with van der Waals surface area (Å²) in [5, 5.41) is 17.9. The van der Waals surface area contributed by atoms with E-state index in [0.29, 0.717) is 10.7 Å². The Labute approximate surface area is 165 Å². The maximum atomic E-state index is 12.7. The summed E-state index contributed by atoms with van der Waals surface area (Å²) >= 11 is 5.88. The number of hydrogen-bond donors (Lipinski definition) is 3. The molecular formula is C23H15ClN2O2. The highest BCUT2D eigenvalue weighted by Gasteiger charge is 2.15. The Morgan fingerprint density at radius 1 is 0.893 bits per heavy atom. The lowest BCUT2D eigenvalue weighted by Gasteiger charge is -2.09. The molecule has 0 saturated heterocycles. The van der Waals surface area contributed by atoms with Gasteiger partial charge in [-0.2, -0.15) is 0 Å². The molecule has 5 heteroatoms. The highest BCUT2D eigenvalue weighted by Crippen LogP contribution is 2.34. The summed E-state index contributed by atoms with van der Waals surface area (Å²) in [6.07, 6.45) is 0. The number of aromatic nitrogens is 1. The molecule has 5 aromatic rings. The molecule has 1 heterocycles. The highest BCUT2D eigenvalue weighted by atomic mass is 35.5. The third-order valence-electron chi connectivity index (χ3n) is 4.96. The molecule has 4 aromatic carbocycles. The number of fused-ring (bicyclic) bond motifs is 5. The number of amides is 1. The number of para-hydroxylation sites is 1. The molecule has 0 aliphatic rings. The van der Waals surface area contributed by atoms with Crippen LogP contribution in [-0.4, -0.2) is 16.0 Å². The molecule has 0 radical (unpaired) electrons. The minimum Gasteiger partial charge on any atom is -0.507 e. The summed E-state index contributed by atoms with van der Waals surface area (Å²) in [6.45, 7) is 0. The molecule has 3 N–H and O–H groups in total. The van der Waals surface area contributed by atoms with Gasteiger partial charge in [-0.25, -0.2) is 0 Å². The van der Waals surface area contributed by atoms with Gasteiger partial charge in [0.25, 0.3) is 5.91 Å². The van der Waals surface area contributed by atoms with Crippen molar-refractivity contribution in [3.8, 4) is 5.75 Å². The zero-order valence-electron chi connectivity index (χ0n) is 14.7. The van der Waals surface area contributed by atoms with Gasteiger partial charge in [0.1, 0.15) is 5.75 Å². The molecular weight excluding hydrogens is 372 g/mol. The number of H-pyrrole nitrogens is 1. The first kappa shape index (κ1) is 16.7. The van der Waals surface area contributed by atoms with Crippen LogP contribution in [-0.2, 0) is 0 Å². The molecule has 1 amide bonds. The lowest BCUT2D eigenvalue weighted by molar-refractivity contribution is 0.102. The smallest absolute Gasteiger partial charge is 0.259 e. The summed E-state index contributed by atoms with van der Waals surface area (Å²) in [7, 11) is 0. The van der Waals surface area contributed by atoms with E-state index in [0.717, 1.165) is 32.6 Å². The minimum atomic E-state index is -0.376. The Balaban J connectivity index is 1.62. The molecule has 0 spiro atoms. The van der Waals surface area contributed by atoms with Crippen LogP contribution in [0.5, 0.6) is 5.75 Å². The second-order valence-electron chi connectivity index (χ2n) is 6.71. The fourth-order valence-corrected chi connectivity index (χ4v) is 3.72. The number of halogens is 1. The van der Waals surface area contributed by atoms with Gasteiger partial charge < -0.3 is 15.4 Å². The lowest BCUT2D eigenvalue weighted by atomic mass is 10.0. The van der Waals surface area contributed by atoms with E-state index < -0.39 is 0 Å². The number of nitrogens with one attached hydrogen (secondary N) is 2. The predicted octanol–water partition coefficient (Wildman–Crippen LogP) is 6.09. The summed E-state index contributed by atoms with van der Waals surface area (Å²) in [5.41, 5.74) is 2.81. The van der Waals surface area contributed by atoms with Crippen LogP contribution >= 0.6 is 11.6 Å². The summed E-state index contributed by atoms with van der Waals surface area (Å²) in [6, 6.07) is 22.3. The van der Waals surface area contributed by atoms with E-state index in [9.17, 15) is 9.90 Å². The molecule has 5 rings (SSSR count). The number of aromatic amines is 1. The van der Waals surface area contributed by atoms with Crippen molar-refractivity contribution < 1.29 is 9.90 Å². The van der Waals surface area contributed by atoms with Gasteiger partial charge in [-0.3, -0.25) is 4.79 Å². The number of rotatable bonds is 2. The van der Waals surface area contributed by atoms with Gasteiger partial charge in [0.2, 0.25) is 0 Å². The van der Waals surface area contributed by atoms with Crippen LogP contribution in [0.4, 0.5) is 5.69 Å². The number of anilines is 1. The molecule has 1 aromatic heterocycles. The van der Waals surface area contributed by atoms with Crippen molar-refractivity contribution in [2.75, 3.05) is 5.32 Å². The number of aromatic hydroxyl groups is 1. The standard InChI is InChI=1S/C23H15ClN2O2/c24-14-6-8-15(9-7-14)25-23(28)19-11-13-5-10-17-16-3-1-2-4-20(16)26-22(17)18(13)12-21(19)27/h1-12,26-27H,(H,25,28). The van der Waals surface area contributed by atoms with E-state index in [2.05, 4.69) is 16.4 Å². The minimum absolute atomic E-state index is 0.0647. The van der Waals surface area contributed by atoms with Gasteiger partial charge in [0, 0.05) is 32.4 Å². The third-order valence-corrected chi connectivity index (χ3v) is 5.21. The molecule has 0 bridgehead atoms. The molecule has 4 nitrogen and oxygen atoms in total. The normalized spacial score (nSPS) is 11.3. The average Bonchev–Trinajstić information content (AvgIpc) is 3.08. The quantitative estimate of drug-likeness (QED) is 0.344. The zero-order valence-corrected chi connectivity index (χ0v) is 15.4. The SMILES string of the molecule is O=C(Nc1ccc(Cl)cc1)c1cc2ccc3c4ccccc4[nH]c3c2cc1O. The highest BCUT2D eigenvalue weighted by molar-refractivity contribution is 6.30. The maximum absolute atomic E-state index is 12.7. The molecule has 0 fully saturated rings. The van der Waals surface area contributed by atoms with Gasteiger partial charge >= 0.3 is 0 Å². The van der Waals surface area contributed by atoms with E-state index in [4.69, 9.17) is 11.6 Å². The van der Waals surface area contributed by atoms with Crippen molar-refractivity contribution in [2.45, 2.75) is 0 Å². The van der Waals surface area contributed by atoms with Crippen LogP contribution < -0.4 is 5.32 Å². The van der Waals surface area contributed by atoms with E-state index in [1.54, 1.807) is 36.4 Å². The van der Waals surface area contributed by atoms with Crippen LogP contribution in [0.1, 0.15) is 10.4 Å². The molecule has 136 valence electrons. The number of hydrogen-bond acceptors (Lipinski definition) is 2. The molecule has 28 heavy (non-hydrogen) atoms. The second kappa shape index (κ2) is 6.29. The molecule has 0 aliphatic heterocycles. The maximum Gasteiger partial charge on any atom is 0.259 e. The average molecular weight is 387 g/mol. The molecule has 0 atom stereocenters. The summed E-state index contributed by atoms with van der Waals surface area (Å²) in [4.78, 5) is 16.1. The van der Waals surface area contributed by atoms with Crippen molar-refractivity contribution in [3.05, 3.63) is 83.4 Å². The number of phenols is 1. The lowest BCUT2D eigenvalue weighted by Crippen LogP contribution is -2.12. The monoisotopic (exact) mass is 386 g/mol. The third kappa shape index (κ3) is 2.66. The summed E-state index contributed by atoms with van der Waals surface area (Å²) < 4.78 is 0. The van der Waals surface area contributed by atoms with E-state index in [1.165, 1.54) is 0 Å². The van der Waals surface area contributed by atoms with Crippen molar-refractivity contribution in [1.82, 2.24) is 4.98 Å². The fraction of sp³-hybridized carbons (Fsp3) is 0. The van der Waals surface area contributed by atoms with Gasteiger partial charge in [-0.1, -0.05) is 41.9 Å². The van der Waals surface area contributed by atoms with Gasteiger partial charge in [0.15, 0.2) is 0 Å². The summed E-state index contributed by atoms with van der Waals surface area (Å²) in [5.74, 6) is -0.441. The molecule has 0 saturated carbocycles. The first-order chi connectivity index (χ1) is 13.6. The zero-order chi connectivity index (χ0) is 19.3. The fourth-order valence-electron chi connectivity index (χ4n) is 3.60. The van der Waals surface area contributed by atoms with Gasteiger partial charge in [-0.05, 0) is 47.9 Å². The number of phenolic OH excluding ortho intramolecular Hbond substituents is 1. The number of carbonyl (C=O) groups excluding carboxylic acids is 1. The van der Waals surface area contributed by atoms with E-state index in [1.807, 2.05) is 30.3 Å². The van der Waals surface area contributed by atoms with Crippen LogP contribution in [0.2, 0.25) is 5.02 Å². The van der Waals surface area contributed by atoms with Crippen molar-refractivity contribution in [1.29, 1.82) is 0 Å². The van der Waals surface area contributed by atoms with Crippen LogP contribution in [0.3, 0.4) is 0 Å². The largest absolute Gasteiger partial charge is 0.507 e. The van der Waals surface area contributed by atoms with Gasteiger partial charge in [0.05, 0.1) is 11.1 Å². The Hall–Kier alpha value is -3.50. The molecule has 0 unspecified atom stereocenters.